The molecule has 0 aliphatic rings. The van der Waals surface area contributed by atoms with Crippen molar-refractivity contribution in [2.24, 2.45) is 0 Å². The van der Waals surface area contributed by atoms with E-state index < -0.39 is 0 Å². The number of hydrogen-bond donors (Lipinski definition) is 1. The van der Waals surface area contributed by atoms with Gasteiger partial charge in [0.2, 0.25) is 0 Å². The van der Waals surface area contributed by atoms with Gasteiger partial charge in [0.25, 0.3) is 0 Å². The molecule has 17 heavy (non-hydrogen) atoms. The first-order chi connectivity index (χ1) is 8.27. The molecular formula is C14H22ClNO. The molecule has 0 saturated carbocycles. The molecule has 2 nitrogen and oxygen atoms in total. The predicted octanol–water partition coefficient (Wildman–Crippen LogP) is 4.02. The van der Waals surface area contributed by atoms with Crippen LogP contribution in [0, 0.1) is 0 Å². The van der Waals surface area contributed by atoms with Gasteiger partial charge in [-0.1, -0.05) is 37.9 Å². The van der Waals surface area contributed by atoms with Crippen LogP contribution in [0.4, 0.5) is 0 Å². The first-order valence-corrected chi connectivity index (χ1v) is 6.77. The molecule has 0 amide bonds. The summed E-state index contributed by atoms with van der Waals surface area (Å²) in [5.41, 5.74) is 1.20. The predicted molar refractivity (Wildman–Crippen MR) is 73.9 cm³/mol. The van der Waals surface area contributed by atoms with Crippen molar-refractivity contribution in [1.29, 1.82) is 0 Å². The number of unbranched alkanes of at least 4 members (excludes halogenated alkanes) is 1. The second-order valence-corrected chi connectivity index (χ2v) is 4.55. The van der Waals surface area contributed by atoms with E-state index >= 15 is 0 Å². The minimum atomic E-state index is 0.705. The van der Waals surface area contributed by atoms with Crippen molar-refractivity contribution in [2.75, 3.05) is 13.2 Å². The third kappa shape index (κ3) is 5.42. The summed E-state index contributed by atoms with van der Waals surface area (Å²) in [5, 5.41) is 4.06. The Bertz CT molecular complexity index is 328. The molecule has 3 heteroatoms. The lowest BCUT2D eigenvalue weighted by atomic mass is 10.2. The van der Waals surface area contributed by atoms with E-state index in [-0.39, 0.29) is 0 Å². The van der Waals surface area contributed by atoms with Gasteiger partial charge in [0, 0.05) is 6.54 Å². The summed E-state index contributed by atoms with van der Waals surface area (Å²) in [6.07, 6.45) is 3.35. The van der Waals surface area contributed by atoms with Crippen molar-refractivity contribution in [2.45, 2.75) is 39.7 Å². The molecule has 0 unspecified atom stereocenters. The highest BCUT2D eigenvalue weighted by Crippen LogP contribution is 2.25. The molecule has 0 aliphatic heterocycles. The summed E-state index contributed by atoms with van der Waals surface area (Å²) in [7, 11) is 0. The van der Waals surface area contributed by atoms with Gasteiger partial charge in [-0.15, -0.1) is 0 Å². The fourth-order valence-electron chi connectivity index (χ4n) is 1.51. The third-order valence-corrected chi connectivity index (χ3v) is 2.80. The van der Waals surface area contributed by atoms with E-state index in [4.69, 9.17) is 16.3 Å². The zero-order valence-electron chi connectivity index (χ0n) is 10.8. The van der Waals surface area contributed by atoms with E-state index in [0.717, 1.165) is 44.7 Å². The Labute approximate surface area is 109 Å². The lowest BCUT2D eigenvalue weighted by Crippen LogP contribution is -2.13. The molecule has 96 valence electrons. The highest BCUT2D eigenvalue weighted by Gasteiger charge is 2.02. The quantitative estimate of drug-likeness (QED) is 0.709. The number of halogens is 1. The maximum absolute atomic E-state index is 6.17. The Morgan fingerprint density at radius 2 is 2.06 bits per heavy atom. The Balaban J connectivity index is 2.47. The molecule has 0 radical (unpaired) electrons. The van der Waals surface area contributed by atoms with Crippen molar-refractivity contribution >= 4 is 11.6 Å². The van der Waals surface area contributed by atoms with Gasteiger partial charge < -0.3 is 10.1 Å². The molecule has 0 spiro atoms. The summed E-state index contributed by atoms with van der Waals surface area (Å²) in [5.74, 6) is 0.791. The van der Waals surface area contributed by atoms with Crippen LogP contribution in [0.1, 0.15) is 38.7 Å². The maximum Gasteiger partial charge on any atom is 0.137 e. The Morgan fingerprint density at radius 1 is 1.24 bits per heavy atom. The van der Waals surface area contributed by atoms with E-state index in [1.807, 2.05) is 12.1 Å². The van der Waals surface area contributed by atoms with Crippen molar-refractivity contribution in [3.8, 4) is 5.75 Å². The molecule has 0 aromatic heterocycles. The molecule has 0 bridgehead atoms. The normalized spacial score (nSPS) is 10.5. The monoisotopic (exact) mass is 255 g/mol. The van der Waals surface area contributed by atoms with Gasteiger partial charge in [-0.3, -0.25) is 0 Å². The Kier molecular flexibility index (Phi) is 7.06. The van der Waals surface area contributed by atoms with Gasteiger partial charge in [0.15, 0.2) is 0 Å². The molecule has 1 N–H and O–H groups in total. The second kappa shape index (κ2) is 8.37. The highest BCUT2D eigenvalue weighted by molar-refractivity contribution is 6.32. The zero-order valence-corrected chi connectivity index (χ0v) is 11.5. The zero-order chi connectivity index (χ0) is 12.5. The Hall–Kier alpha value is -0.730. The van der Waals surface area contributed by atoms with Crippen LogP contribution < -0.4 is 10.1 Å². The van der Waals surface area contributed by atoms with E-state index in [0.29, 0.717) is 5.02 Å². The first kappa shape index (κ1) is 14.3. The smallest absolute Gasteiger partial charge is 0.137 e. The summed E-state index contributed by atoms with van der Waals surface area (Å²) in [6.45, 7) is 6.94. The van der Waals surface area contributed by atoms with Gasteiger partial charge in [-0.05, 0) is 37.1 Å². The van der Waals surface area contributed by atoms with E-state index in [2.05, 4.69) is 25.2 Å². The largest absolute Gasteiger partial charge is 0.492 e. The third-order valence-electron chi connectivity index (χ3n) is 2.51. The highest BCUT2D eigenvalue weighted by atomic mass is 35.5. The van der Waals surface area contributed by atoms with Crippen LogP contribution >= 0.6 is 11.6 Å². The number of hydrogen-bond acceptors (Lipinski definition) is 2. The molecule has 0 saturated heterocycles. The first-order valence-electron chi connectivity index (χ1n) is 6.39. The van der Waals surface area contributed by atoms with Gasteiger partial charge in [0.1, 0.15) is 5.75 Å². The van der Waals surface area contributed by atoms with Crippen LogP contribution in [-0.4, -0.2) is 13.2 Å². The second-order valence-electron chi connectivity index (χ2n) is 4.14. The number of benzene rings is 1. The average Bonchev–Trinajstić information content (AvgIpc) is 2.32. The summed E-state index contributed by atoms with van der Waals surface area (Å²) < 4.78 is 5.61. The maximum atomic E-state index is 6.17. The number of ether oxygens (including phenoxy) is 1. The van der Waals surface area contributed by atoms with Crippen LogP contribution in [0.5, 0.6) is 5.75 Å². The minimum absolute atomic E-state index is 0.705. The van der Waals surface area contributed by atoms with Crippen LogP contribution in [0.25, 0.3) is 0 Å². The SMILES string of the molecule is CCCCOc1ccc(CNCCC)cc1Cl. The lowest BCUT2D eigenvalue weighted by Gasteiger charge is -2.09. The van der Waals surface area contributed by atoms with Crippen LogP contribution in [-0.2, 0) is 6.54 Å². The summed E-state index contributed by atoms with van der Waals surface area (Å²) >= 11 is 6.17. The van der Waals surface area contributed by atoms with Crippen LogP contribution in [0.15, 0.2) is 18.2 Å². The number of rotatable bonds is 8. The van der Waals surface area contributed by atoms with Gasteiger partial charge >= 0.3 is 0 Å². The van der Waals surface area contributed by atoms with Crippen molar-refractivity contribution in [3.63, 3.8) is 0 Å². The fraction of sp³-hybridized carbons (Fsp3) is 0.571. The molecular weight excluding hydrogens is 234 g/mol. The molecule has 1 aromatic carbocycles. The van der Waals surface area contributed by atoms with Gasteiger partial charge in [-0.2, -0.15) is 0 Å². The van der Waals surface area contributed by atoms with Crippen LogP contribution in [0.3, 0.4) is 0 Å². The van der Waals surface area contributed by atoms with Crippen molar-refractivity contribution < 1.29 is 4.74 Å². The van der Waals surface area contributed by atoms with Gasteiger partial charge in [-0.25, -0.2) is 0 Å². The molecule has 1 rings (SSSR count). The molecule has 0 heterocycles. The van der Waals surface area contributed by atoms with E-state index in [1.165, 1.54) is 5.56 Å². The molecule has 0 atom stereocenters. The van der Waals surface area contributed by atoms with E-state index in [9.17, 15) is 0 Å². The molecule has 0 aliphatic carbocycles. The molecule has 0 fully saturated rings. The minimum Gasteiger partial charge on any atom is -0.492 e. The topological polar surface area (TPSA) is 21.3 Å². The summed E-state index contributed by atoms with van der Waals surface area (Å²) in [4.78, 5) is 0. The van der Waals surface area contributed by atoms with E-state index in [1.54, 1.807) is 0 Å². The fourth-order valence-corrected chi connectivity index (χ4v) is 1.77. The van der Waals surface area contributed by atoms with Crippen molar-refractivity contribution in [1.82, 2.24) is 5.32 Å². The Morgan fingerprint density at radius 3 is 2.71 bits per heavy atom. The summed E-state index contributed by atoms with van der Waals surface area (Å²) in [6, 6.07) is 6.00. The lowest BCUT2D eigenvalue weighted by molar-refractivity contribution is 0.309. The van der Waals surface area contributed by atoms with Crippen molar-refractivity contribution in [3.05, 3.63) is 28.8 Å². The average molecular weight is 256 g/mol. The molecule has 1 aromatic rings. The van der Waals surface area contributed by atoms with Crippen LogP contribution in [0.2, 0.25) is 5.02 Å². The number of nitrogens with one attached hydrogen (secondary N) is 1. The standard InChI is InChI=1S/C14H22ClNO/c1-3-5-9-17-14-7-6-12(10-13(14)15)11-16-8-4-2/h6-7,10,16H,3-5,8-9,11H2,1-2H3. The van der Waals surface area contributed by atoms with Gasteiger partial charge in [0.05, 0.1) is 11.6 Å².